The van der Waals surface area contributed by atoms with Crippen molar-refractivity contribution in [3.05, 3.63) is 89.9 Å². The van der Waals surface area contributed by atoms with E-state index in [0.717, 1.165) is 16.8 Å². The van der Waals surface area contributed by atoms with Gasteiger partial charge in [-0.25, -0.2) is 4.98 Å². The molecule has 0 aliphatic heterocycles. The number of hydrogen-bond donors (Lipinski definition) is 1. The van der Waals surface area contributed by atoms with Crippen LogP contribution < -0.4 is 5.56 Å². The summed E-state index contributed by atoms with van der Waals surface area (Å²) in [6.07, 6.45) is 0.634. The van der Waals surface area contributed by atoms with Crippen LogP contribution >= 0.6 is 34.4 Å². The molecule has 1 heterocycles. The van der Waals surface area contributed by atoms with Gasteiger partial charge >= 0.3 is 0 Å². The molecule has 3 rings (SSSR count). The second-order valence-corrected chi connectivity index (χ2v) is 8.44. The highest BCUT2D eigenvalue weighted by molar-refractivity contribution is 14.1. The fraction of sp³-hybridized carbons (Fsp3) is 0.190. The third-order valence-electron chi connectivity index (χ3n) is 4.02. The van der Waals surface area contributed by atoms with E-state index >= 15 is 0 Å². The van der Waals surface area contributed by atoms with Crippen molar-refractivity contribution in [2.24, 2.45) is 0 Å². The molecular weight excluding hydrogens is 469 g/mol. The van der Waals surface area contributed by atoms with Crippen molar-refractivity contribution in [3.8, 4) is 6.07 Å². The van der Waals surface area contributed by atoms with Crippen molar-refractivity contribution in [2.75, 3.05) is 0 Å². The van der Waals surface area contributed by atoms with Crippen LogP contribution in [0, 0.1) is 28.7 Å². The van der Waals surface area contributed by atoms with Gasteiger partial charge < -0.3 is 4.98 Å². The van der Waals surface area contributed by atoms with Crippen molar-refractivity contribution in [2.45, 2.75) is 31.2 Å². The lowest BCUT2D eigenvalue weighted by atomic mass is 10.0. The number of aryl methyl sites for hydroxylation is 2. The molecule has 0 fully saturated rings. The molecule has 4 nitrogen and oxygen atoms in total. The van der Waals surface area contributed by atoms with E-state index in [4.69, 9.17) is 5.26 Å². The van der Waals surface area contributed by atoms with E-state index in [1.54, 1.807) is 12.1 Å². The van der Waals surface area contributed by atoms with Crippen LogP contribution in [-0.2, 0) is 12.2 Å². The van der Waals surface area contributed by atoms with E-state index in [-0.39, 0.29) is 5.56 Å². The number of nitriles is 1. The number of nitrogens with zero attached hydrogens (tertiary/aromatic N) is 2. The molecule has 0 aliphatic carbocycles. The zero-order valence-corrected chi connectivity index (χ0v) is 18.0. The Hall–Kier alpha value is -2.11. The van der Waals surface area contributed by atoms with Crippen molar-refractivity contribution in [3.63, 3.8) is 0 Å². The largest absolute Gasteiger partial charge is 0.301 e. The molecule has 0 saturated heterocycles. The maximum atomic E-state index is 12.3. The molecular formula is C21H18IN3OS. The average molecular weight is 487 g/mol. The number of aromatic nitrogens is 2. The summed E-state index contributed by atoms with van der Waals surface area (Å²) in [6.45, 7) is 4.15. The minimum Gasteiger partial charge on any atom is -0.301 e. The van der Waals surface area contributed by atoms with Gasteiger partial charge in [-0.3, -0.25) is 4.79 Å². The Bertz CT molecular complexity index is 1050. The van der Waals surface area contributed by atoms with Gasteiger partial charge in [0.25, 0.3) is 5.56 Å². The Balaban J connectivity index is 1.80. The van der Waals surface area contributed by atoms with Crippen LogP contribution in [0.15, 0.2) is 52.4 Å². The molecule has 1 N–H and O–H groups in total. The fourth-order valence-electron chi connectivity index (χ4n) is 2.86. The first-order chi connectivity index (χ1) is 12.9. The van der Waals surface area contributed by atoms with E-state index in [2.05, 4.69) is 70.7 Å². The van der Waals surface area contributed by atoms with Crippen molar-refractivity contribution >= 4 is 34.4 Å². The van der Waals surface area contributed by atoms with E-state index in [1.807, 2.05) is 12.1 Å². The molecule has 136 valence electrons. The molecule has 0 amide bonds. The average Bonchev–Trinajstić information content (AvgIpc) is 2.63. The molecule has 27 heavy (non-hydrogen) atoms. The molecule has 0 atom stereocenters. The quantitative estimate of drug-likeness (QED) is 0.321. The topological polar surface area (TPSA) is 69.5 Å². The number of H-pyrrole nitrogens is 1. The summed E-state index contributed by atoms with van der Waals surface area (Å²) in [4.78, 5) is 19.9. The van der Waals surface area contributed by atoms with Gasteiger partial charge in [0.2, 0.25) is 0 Å². The van der Waals surface area contributed by atoms with Crippen LogP contribution in [0.3, 0.4) is 0 Å². The van der Waals surface area contributed by atoms with Crippen molar-refractivity contribution in [1.82, 2.24) is 9.97 Å². The van der Waals surface area contributed by atoms with Crippen LogP contribution in [-0.4, -0.2) is 9.97 Å². The zero-order valence-electron chi connectivity index (χ0n) is 15.0. The smallest absolute Gasteiger partial charge is 0.265 e. The predicted molar refractivity (Wildman–Crippen MR) is 117 cm³/mol. The summed E-state index contributed by atoms with van der Waals surface area (Å²) < 4.78 is 0.634. The molecule has 2 aromatic carbocycles. The molecule has 0 bridgehead atoms. The van der Waals surface area contributed by atoms with Gasteiger partial charge in [0.05, 0.1) is 17.3 Å². The van der Waals surface area contributed by atoms with Crippen LogP contribution in [0.1, 0.15) is 33.5 Å². The molecule has 0 spiro atoms. The van der Waals surface area contributed by atoms with Gasteiger partial charge in [-0.15, -0.1) is 0 Å². The molecule has 0 unspecified atom stereocenters. The van der Waals surface area contributed by atoms with Gasteiger partial charge in [0.15, 0.2) is 5.16 Å². The normalized spacial score (nSPS) is 10.6. The molecule has 0 saturated carbocycles. The van der Waals surface area contributed by atoms with E-state index in [0.29, 0.717) is 26.5 Å². The summed E-state index contributed by atoms with van der Waals surface area (Å²) >= 11 is 3.56. The summed E-state index contributed by atoms with van der Waals surface area (Å²) in [5, 5.41) is 9.49. The Morgan fingerprint density at radius 1 is 1.11 bits per heavy atom. The lowest BCUT2D eigenvalue weighted by Gasteiger charge is -2.08. The Morgan fingerprint density at radius 2 is 1.78 bits per heavy atom. The van der Waals surface area contributed by atoms with Crippen molar-refractivity contribution in [1.29, 1.82) is 5.26 Å². The number of nitrogens with one attached hydrogen (secondary N) is 1. The van der Waals surface area contributed by atoms with Gasteiger partial charge in [0, 0.05) is 12.2 Å². The summed E-state index contributed by atoms with van der Waals surface area (Å²) in [5.74, 6) is 0.679. The monoisotopic (exact) mass is 487 g/mol. The van der Waals surface area contributed by atoms with Crippen LogP contribution in [0.5, 0.6) is 0 Å². The van der Waals surface area contributed by atoms with Gasteiger partial charge in [0.1, 0.15) is 3.57 Å². The molecule has 1 aromatic heterocycles. The van der Waals surface area contributed by atoms with Crippen LogP contribution in [0.4, 0.5) is 0 Å². The SMILES string of the molecule is Cc1cc(C)cc(Cc2nc(SCc3ccc(C#N)cc3)[nH]c(=O)c2I)c1. The van der Waals surface area contributed by atoms with E-state index in [1.165, 1.54) is 22.9 Å². The summed E-state index contributed by atoms with van der Waals surface area (Å²) in [5.41, 5.74) is 5.99. The number of benzene rings is 2. The predicted octanol–water partition coefficient (Wildman–Crippen LogP) is 4.75. The lowest BCUT2D eigenvalue weighted by molar-refractivity contribution is 0.865. The zero-order chi connectivity index (χ0) is 19.4. The standard InChI is InChI=1S/C21H18IN3OS/c1-13-7-14(2)9-17(8-13)10-18-19(22)20(26)25-21(24-18)27-12-16-5-3-15(11-23)4-6-16/h3-9H,10,12H2,1-2H3,(H,24,25,26). The minimum absolute atomic E-state index is 0.104. The molecule has 0 aliphatic rings. The van der Waals surface area contributed by atoms with Crippen LogP contribution in [0.25, 0.3) is 0 Å². The van der Waals surface area contributed by atoms with Crippen molar-refractivity contribution < 1.29 is 0 Å². The summed E-state index contributed by atoms with van der Waals surface area (Å²) in [6, 6.07) is 16.0. The Morgan fingerprint density at radius 3 is 2.41 bits per heavy atom. The maximum absolute atomic E-state index is 12.3. The van der Waals surface area contributed by atoms with E-state index < -0.39 is 0 Å². The molecule has 3 aromatic rings. The first-order valence-corrected chi connectivity index (χ1v) is 10.5. The number of hydrogen-bond acceptors (Lipinski definition) is 4. The second-order valence-electron chi connectivity index (χ2n) is 6.40. The maximum Gasteiger partial charge on any atom is 0.265 e. The third-order valence-corrected chi connectivity index (χ3v) is 6.08. The number of aromatic amines is 1. The lowest BCUT2D eigenvalue weighted by Crippen LogP contribution is -2.16. The second kappa shape index (κ2) is 8.72. The highest BCUT2D eigenvalue weighted by atomic mass is 127. The minimum atomic E-state index is -0.104. The molecule has 0 radical (unpaired) electrons. The highest BCUT2D eigenvalue weighted by Crippen LogP contribution is 2.21. The number of halogens is 1. The number of thioether (sulfide) groups is 1. The van der Waals surface area contributed by atoms with Gasteiger partial charge in [-0.2, -0.15) is 5.26 Å². The van der Waals surface area contributed by atoms with Gasteiger partial charge in [-0.1, -0.05) is 53.2 Å². The van der Waals surface area contributed by atoms with E-state index in [9.17, 15) is 4.79 Å². The molecule has 6 heteroatoms. The number of rotatable bonds is 5. The summed E-state index contributed by atoms with van der Waals surface area (Å²) in [7, 11) is 0. The fourth-order valence-corrected chi connectivity index (χ4v) is 4.14. The van der Waals surface area contributed by atoms with Gasteiger partial charge in [-0.05, 0) is 59.7 Å². The Kier molecular flexibility index (Phi) is 6.34. The first kappa shape index (κ1) is 19.6. The highest BCUT2D eigenvalue weighted by Gasteiger charge is 2.11. The Labute approximate surface area is 176 Å². The third kappa shape index (κ3) is 5.21. The first-order valence-electron chi connectivity index (χ1n) is 8.42. The van der Waals surface area contributed by atoms with Crippen LogP contribution in [0.2, 0.25) is 0 Å².